The van der Waals surface area contributed by atoms with Crippen molar-refractivity contribution in [1.29, 1.82) is 0 Å². The van der Waals surface area contributed by atoms with E-state index < -0.39 is 97.5 Å². The van der Waals surface area contributed by atoms with Gasteiger partial charge in [0.1, 0.15) is 19.3 Å². The van der Waals surface area contributed by atoms with Crippen LogP contribution >= 0.6 is 15.6 Å². The summed E-state index contributed by atoms with van der Waals surface area (Å²) in [4.78, 5) is 72.8. The fourth-order valence-electron chi connectivity index (χ4n) is 11.9. The van der Waals surface area contributed by atoms with E-state index in [1.807, 2.05) is 0 Å². The van der Waals surface area contributed by atoms with E-state index in [1.54, 1.807) is 0 Å². The van der Waals surface area contributed by atoms with Gasteiger partial charge in [-0.3, -0.25) is 37.3 Å². The van der Waals surface area contributed by atoms with E-state index in [9.17, 15) is 43.2 Å². The molecule has 19 heteroatoms. The third-order valence-corrected chi connectivity index (χ3v) is 20.3. The Morgan fingerprint density at radius 1 is 0.289 bits per heavy atom. The average molecular weight is 1420 g/mol. The van der Waals surface area contributed by atoms with Gasteiger partial charge in [-0.1, -0.05) is 344 Å². The molecule has 0 aromatic rings. The molecule has 0 aliphatic carbocycles. The van der Waals surface area contributed by atoms with Gasteiger partial charge in [-0.25, -0.2) is 9.13 Å². The zero-order valence-electron chi connectivity index (χ0n) is 63.7. The van der Waals surface area contributed by atoms with Crippen molar-refractivity contribution in [3.8, 4) is 0 Å². The number of unbranched alkanes of at least 4 members (excludes halogenated alkanes) is 40. The van der Waals surface area contributed by atoms with E-state index in [4.69, 9.17) is 37.0 Å². The molecule has 0 saturated heterocycles. The van der Waals surface area contributed by atoms with Crippen molar-refractivity contribution in [3.63, 3.8) is 0 Å². The number of hydrogen-bond acceptors (Lipinski definition) is 15. The highest BCUT2D eigenvalue weighted by Crippen LogP contribution is 2.45. The van der Waals surface area contributed by atoms with Gasteiger partial charge >= 0.3 is 39.5 Å². The Hall–Kier alpha value is -1.94. The summed E-state index contributed by atoms with van der Waals surface area (Å²) in [6, 6.07) is 0. The summed E-state index contributed by atoms with van der Waals surface area (Å²) in [5.74, 6) is 0.944. The van der Waals surface area contributed by atoms with Crippen LogP contribution in [0.5, 0.6) is 0 Å². The summed E-state index contributed by atoms with van der Waals surface area (Å²) < 4.78 is 68.5. The number of rotatable bonds is 75. The molecule has 576 valence electrons. The molecule has 0 bridgehead atoms. The largest absolute Gasteiger partial charge is 0.472 e. The van der Waals surface area contributed by atoms with E-state index >= 15 is 0 Å². The molecule has 97 heavy (non-hydrogen) atoms. The number of ether oxygens (including phenoxy) is 4. The summed E-state index contributed by atoms with van der Waals surface area (Å²) in [7, 11) is -9.91. The highest BCUT2D eigenvalue weighted by molar-refractivity contribution is 7.47. The standard InChI is InChI=1S/C78H152O17P2/c1-9-71(8)57-49-41-33-24-20-16-14-12-10-11-13-15-17-21-26-35-44-52-60-77(82)94-73(64-88-75(80)58-50-42-34-25-22-18-19-23-30-38-46-54-68(2)3)66-92-96(84,85)90-62-72(79)63-91-97(86,87)93-67-74(65-89-76(81)59-51-43-37-29-32-40-48-56-70(6)7)95-78(83)61-53-45-36-28-27-31-39-47-55-69(4)5/h68-74,79H,9-67H2,1-8H3,(H,84,85)(H,86,87)/t71?,72?,73-,74-/m1/s1. The van der Waals surface area contributed by atoms with E-state index in [0.717, 1.165) is 114 Å². The van der Waals surface area contributed by atoms with Crippen LogP contribution in [0.1, 0.15) is 396 Å². The van der Waals surface area contributed by atoms with Crippen LogP contribution < -0.4 is 0 Å². The lowest BCUT2D eigenvalue weighted by molar-refractivity contribution is -0.161. The monoisotopic (exact) mass is 1420 g/mol. The van der Waals surface area contributed by atoms with Crippen molar-refractivity contribution >= 4 is 39.5 Å². The molecule has 0 rings (SSSR count). The zero-order chi connectivity index (χ0) is 71.7. The molecule has 0 aliphatic heterocycles. The van der Waals surface area contributed by atoms with Crippen LogP contribution in [0.3, 0.4) is 0 Å². The van der Waals surface area contributed by atoms with Gasteiger partial charge in [0, 0.05) is 25.7 Å². The van der Waals surface area contributed by atoms with Crippen LogP contribution in [-0.4, -0.2) is 96.7 Å². The number of aliphatic hydroxyl groups excluding tert-OH is 1. The second-order valence-electron chi connectivity index (χ2n) is 29.8. The molecule has 0 saturated carbocycles. The van der Waals surface area contributed by atoms with Gasteiger partial charge in [0.05, 0.1) is 26.4 Å². The van der Waals surface area contributed by atoms with Crippen LogP contribution in [0.2, 0.25) is 0 Å². The predicted molar refractivity (Wildman–Crippen MR) is 395 cm³/mol. The quantitative estimate of drug-likeness (QED) is 0.0222. The van der Waals surface area contributed by atoms with Crippen LogP contribution in [-0.2, 0) is 65.4 Å². The highest BCUT2D eigenvalue weighted by Gasteiger charge is 2.30. The molecule has 0 amide bonds. The van der Waals surface area contributed by atoms with Gasteiger partial charge in [0.15, 0.2) is 12.2 Å². The Labute approximate surface area is 594 Å². The van der Waals surface area contributed by atoms with Crippen LogP contribution in [0.25, 0.3) is 0 Å². The molecular formula is C78H152O17P2. The second-order valence-corrected chi connectivity index (χ2v) is 32.7. The topological polar surface area (TPSA) is 237 Å². The molecule has 0 radical (unpaired) electrons. The molecule has 6 atom stereocenters. The van der Waals surface area contributed by atoms with E-state index in [0.29, 0.717) is 31.6 Å². The van der Waals surface area contributed by atoms with Crippen LogP contribution in [0, 0.1) is 23.7 Å². The number of carbonyl (C=O) groups is 4. The van der Waals surface area contributed by atoms with Crippen molar-refractivity contribution in [3.05, 3.63) is 0 Å². The van der Waals surface area contributed by atoms with Gasteiger partial charge in [-0.15, -0.1) is 0 Å². The number of aliphatic hydroxyl groups is 1. The molecule has 0 heterocycles. The van der Waals surface area contributed by atoms with Gasteiger partial charge < -0.3 is 33.8 Å². The lowest BCUT2D eigenvalue weighted by Crippen LogP contribution is -2.30. The van der Waals surface area contributed by atoms with Gasteiger partial charge in [0.2, 0.25) is 0 Å². The lowest BCUT2D eigenvalue weighted by atomic mass is 9.99. The normalized spacial score (nSPS) is 14.4. The number of carbonyl (C=O) groups excluding carboxylic acids is 4. The number of esters is 4. The molecule has 0 fully saturated rings. The fraction of sp³-hybridized carbons (Fsp3) is 0.949. The van der Waals surface area contributed by atoms with E-state index in [2.05, 4.69) is 55.4 Å². The average Bonchev–Trinajstić information content (AvgIpc) is 1.58. The second kappa shape index (κ2) is 67.2. The van der Waals surface area contributed by atoms with Gasteiger partial charge in [-0.05, 0) is 49.4 Å². The molecule has 0 spiro atoms. The lowest BCUT2D eigenvalue weighted by Gasteiger charge is -2.21. The molecule has 17 nitrogen and oxygen atoms in total. The molecular weight excluding hydrogens is 1270 g/mol. The van der Waals surface area contributed by atoms with Crippen LogP contribution in [0.4, 0.5) is 0 Å². The number of hydrogen-bond donors (Lipinski definition) is 3. The fourth-order valence-corrected chi connectivity index (χ4v) is 13.5. The minimum absolute atomic E-state index is 0.103. The third-order valence-electron chi connectivity index (χ3n) is 18.4. The first kappa shape index (κ1) is 95.1. The summed E-state index contributed by atoms with van der Waals surface area (Å²) in [5, 5.41) is 10.6. The Bertz CT molecular complexity index is 1900. The summed E-state index contributed by atoms with van der Waals surface area (Å²) in [6.07, 6.45) is 52.9. The SMILES string of the molecule is CCC(C)CCCCCCCCCCCCCCCCCCCCC(=O)O[C@H](COC(=O)CCCCCCCCCCCCCC(C)C)COP(=O)(O)OCC(O)COP(=O)(O)OC[C@@H](COC(=O)CCCCCCCCCC(C)C)OC(=O)CCCCCCCCCCC(C)C. The Morgan fingerprint density at radius 2 is 0.495 bits per heavy atom. The Balaban J connectivity index is 5.20. The van der Waals surface area contributed by atoms with E-state index in [-0.39, 0.29) is 25.7 Å². The van der Waals surface area contributed by atoms with Crippen LogP contribution in [0.15, 0.2) is 0 Å². The zero-order valence-corrected chi connectivity index (χ0v) is 65.5. The minimum atomic E-state index is -4.96. The summed E-state index contributed by atoms with van der Waals surface area (Å²) >= 11 is 0. The third kappa shape index (κ3) is 70.9. The number of phosphoric acid groups is 2. The maximum absolute atomic E-state index is 13.1. The van der Waals surface area contributed by atoms with E-state index in [1.165, 1.54) is 193 Å². The first-order valence-corrected chi connectivity index (χ1v) is 43.2. The molecule has 4 unspecified atom stereocenters. The minimum Gasteiger partial charge on any atom is -0.462 e. The summed E-state index contributed by atoms with van der Waals surface area (Å²) in [6.45, 7) is 14.2. The molecule has 0 aliphatic rings. The predicted octanol–water partition coefficient (Wildman–Crippen LogP) is 22.8. The smallest absolute Gasteiger partial charge is 0.462 e. The maximum atomic E-state index is 13.1. The van der Waals surface area contributed by atoms with Crippen molar-refractivity contribution < 1.29 is 80.2 Å². The first-order valence-electron chi connectivity index (χ1n) is 40.2. The van der Waals surface area contributed by atoms with Gasteiger partial charge in [-0.2, -0.15) is 0 Å². The van der Waals surface area contributed by atoms with Crippen molar-refractivity contribution in [2.45, 2.75) is 414 Å². The Morgan fingerprint density at radius 3 is 0.732 bits per heavy atom. The molecule has 0 aromatic carbocycles. The van der Waals surface area contributed by atoms with Crippen molar-refractivity contribution in [1.82, 2.24) is 0 Å². The molecule has 3 N–H and O–H groups in total. The Kier molecular flexibility index (Phi) is 65.9. The summed E-state index contributed by atoms with van der Waals surface area (Å²) in [5.41, 5.74) is 0. The van der Waals surface area contributed by atoms with Crippen molar-refractivity contribution in [2.24, 2.45) is 23.7 Å². The number of phosphoric ester groups is 2. The molecule has 0 aromatic heterocycles. The maximum Gasteiger partial charge on any atom is 0.472 e. The highest BCUT2D eigenvalue weighted by atomic mass is 31.2. The van der Waals surface area contributed by atoms with Gasteiger partial charge in [0.25, 0.3) is 0 Å². The first-order chi connectivity index (χ1) is 46.6. The van der Waals surface area contributed by atoms with Crippen molar-refractivity contribution in [2.75, 3.05) is 39.6 Å².